The molecule has 2 nitrogen and oxygen atoms in total. The minimum atomic E-state index is -0.264. The van der Waals surface area contributed by atoms with Crippen LogP contribution in [0.3, 0.4) is 0 Å². The molecular weight excluding hydrogens is 332 g/mol. The van der Waals surface area contributed by atoms with Gasteiger partial charge in [0.15, 0.2) is 0 Å². The SMILES string of the molecule is COc1cccc(Nc2ccc(I)cc2F)c1. The lowest BCUT2D eigenvalue weighted by Crippen LogP contribution is -1.94. The molecule has 0 bridgehead atoms. The van der Waals surface area contributed by atoms with Gasteiger partial charge in [-0.05, 0) is 52.9 Å². The quantitative estimate of drug-likeness (QED) is 0.845. The Kier molecular flexibility index (Phi) is 3.83. The maximum absolute atomic E-state index is 13.6. The van der Waals surface area contributed by atoms with Crippen molar-refractivity contribution in [3.05, 3.63) is 51.9 Å². The van der Waals surface area contributed by atoms with Crippen LogP contribution in [0.1, 0.15) is 0 Å². The monoisotopic (exact) mass is 343 g/mol. The zero-order chi connectivity index (χ0) is 12.3. The second-order valence-electron chi connectivity index (χ2n) is 3.48. The third-order valence-electron chi connectivity index (χ3n) is 2.28. The van der Waals surface area contributed by atoms with Gasteiger partial charge < -0.3 is 10.1 Å². The molecule has 88 valence electrons. The van der Waals surface area contributed by atoms with Gasteiger partial charge in [-0.25, -0.2) is 4.39 Å². The molecule has 2 aromatic carbocycles. The van der Waals surface area contributed by atoms with Gasteiger partial charge in [0.05, 0.1) is 12.8 Å². The molecule has 0 unspecified atom stereocenters. The Labute approximate surface area is 113 Å². The Hall–Kier alpha value is -1.30. The highest BCUT2D eigenvalue weighted by Gasteiger charge is 2.03. The Morgan fingerprint density at radius 2 is 2.00 bits per heavy atom. The first-order valence-electron chi connectivity index (χ1n) is 5.05. The molecule has 0 amide bonds. The molecule has 17 heavy (non-hydrogen) atoms. The van der Waals surface area contributed by atoms with E-state index in [2.05, 4.69) is 27.9 Å². The van der Waals surface area contributed by atoms with E-state index in [1.54, 1.807) is 13.2 Å². The average Bonchev–Trinajstić information content (AvgIpc) is 2.33. The maximum Gasteiger partial charge on any atom is 0.147 e. The maximum atomic E-state index is 13.6. The molecule has 0 fully saturated rings. The summed E-state index contributed by atoms with van der Waals surface area (Å²) in [6.07, 6.45) is 0. The van der Waals surface area contributed by atoms with Crippen LogP contribution in [0, 0.1) is 9.39 Å². The van der Waals surface area contributed by atoms with E-state index in [4.69, 9.17) is 4.74 Å². The van der Waals surface area contributed by atoms with Crippen molar-refractivity contribution in [2.75, 3.05) is 12.4 Å². The van der Waals surface area contributed by atoms with Crippen molar-refractivity contribution in [2.45, 2.75) is 0 Å². The van der Waals surface area contributed by atoms with Crippen molar-refractivity contribution < 1.29 is 9.13 Å². The summed E-state index contributed by atoms with van der Waals surface area (Å²) >= 11 is 2.08. The minimum absolute atomic E-state index is 0.264. The molecule has 4 heteroatoms. The van der Waals surface area contributed by atoms with E-state index >= 15 is 0 Å². The average molecular weight is 343 g/mol. The molecule has 0 aliphatic carbocycles. The van der Waals surface area contributed by atoms with Crippen LogP contribution in [0.2, 0.25) is 0 Å². The zero-order valence-electron chi connectivity index (χ0n) is 9.21. The molecule has 0 radical (unpaired) electrons. The first-order valence-corrected chi connectivity index (χ1v) is 6.13. The first-order chi connectivity index (χ1) is 8.19. The van der Waals surface area contributed by atoms with Crippen LogP contribution >= 0.6 is 22.6 Å². The van der Waals surface area contributed by atoms with E-state index < -0.39 is 0 Å². The van der Waals surface area contributed by atoms with Crippen LogP contribution in [0.4, 0.5) is 15.8 Å². The Morgan fingerprint density at radius 3 is 2.71 bits per heavy atom. The van der Waals surface area contributed by atoms with Crippen LogP contribution in [-0.2, 0) is 0 Å². The van der Waals surface area contributed by atoms with Crippen molar-refractivity contribution in [2.24, 2.45) is 0 Å². The third-order valence-corrected chi connectivity index (χ3v) is 2.95. The summed E-state index contributed by atoms with van der Waals surface area (Å²) in [6, 6.07) is 12.4. The lowest BCUT2D eigenvalue weighted by molar-refractivity contribution is 0.415. The van der Waals surface area contributed by atoms with Crippen molar-refractivity contribution in [1.82, 2.24) is 0 Å². The van der Waals surface area contributed by atoms with Gasteiger partial charge in [-0.3, -0.25) is 0 Å². The summed E-state index contributed by atoms with van der Waals surface area (Å²) in [5.74, 6) is 0.473. The van der Waals surface area contributed by atoms with Gasteiger partial charge in [0.25, 0.3) is 0 Å². The number of hydrogen-bond donors (Lipinski definition) is 1. The second kappa shape index (κ2) is 5.35. The molecule has 0 aromatic heterocycles. The fourth-order valence-electron chi connectivity index (χ4n) is 1.45. The largest absolute Gasteiger partial charge is 0.497 e. The highest BCUT2D eigenvalue weighted by molar-refractivity contribution is 14.1. The number of anilines is 2. The van der Waals surface area contributed by atoms with Gasteiger partial charge in [-0.2, -0.15) is 0 Å². The van der Waals surface area contributed by atoms with Crippen LogP contribution < -0.4 is 10.1 Å². The molecule has 0 heterocycles. The lowest BCUT2D eigenvalue weighted by atomic mass is 10.2. The lowest BCUT2D eigenvalue weighted by Gasteiger charge is -2.09. The van der Waals surface area contributed by atoms with Crippen LogP contribution in [0.25, 0.3) is 0 Å². The van der Waals surface area contributed by atoms with E-state index in [-0.39, 0.29) is 5.82 Å². The van der Waals surface area contributed by atoms with E-state index in [0.29, 0.717) is 5.69 Å². The van der Waals surface area contributed by atoms with E-state index in [0.717, 1.165) is 15.0 Å². The molecule has 0 spiro atoms. The molecular formula is C13H11FINO. The number of hydrogen-bond acceptors (Lipinski definition) is 2. The van der Waals surface area contributed by atoms with Gasteiger partial charge in [0.2, 0.25) is 0 Å². The zero-order valence-corrected chi connectivity index (χ0v) is 11.4. The predicted molar refractivity (Wildman–Crippen MR) is 75.4 cm³/mol. The number of ether oxygens (including phenoxy) is 1. The van der Waals surface area contributed by atoms with Gasteiger partial charge in [-0.1, -0.05) is 6.07 Å². The standard InChI is InChI=1S/C13H11FINO/c1-17-11-4-2-3-10(8-11)16-13-6-5-9(15)7-12(13)14/h2-8,16H,1H3. The molecule has 0 saturated heterocycles. The van der Waals surface area contributed by atoms with Crippen LogP contribution in [0.15, 0.2) is 42.5 Å². The van der Waals surface area contributed by atoms with Gasteiger partial charge in [0, 0.05) is 15.3 Å². The fraction of sp³-hybridized carbons (Fsp3) is 0.0769. The number of rotatable bonds is 3. The van der Waals surface area contributed by atoms with Gasteiger partial charge in [0.1, 0.15) is 11.6 Å². The second-order valence-corrected chi connectivity index (χ2v) is 4.73. The Morgan fingerprint density at radius 1 is 1.18 bits per heavy atom. The minimum Gasteiger partial charge on any atom is -0.497 e. The topological polar surface area (TPSA) is 21.3 Å². The summed E-state index contributed by atoms with van der Waals surface area (Å²) in [5.41, 5.74) is 1.25. The van der Waals surface area contributed by atoms with E-state index in [1.807, 2.05) is 30.3 Å². The van der Waals surface area contributed by atoms with Gasteiger partial charge in [-0.15, -0.1) is 0 Å². The molecule has 0 atom stereocenters. The Bertz CT molecular complexity index is 531. The summed E-state index contributed by atoms with van der Waals surface area (Å²) in [4.78, 5) is 0. The highest BCUT2D eigenvalue weighted by atomic mass is 127. The van der Waals surface area contributed by atoms with Crippen LogP contribution in [0.5, 0.6) is 5.75 Å². The molecule has 2 rings (SSSR count). The number of benzene rings is 2. The van der Waals surface area contributed by atoms with Crippen molar-refractivity contribution in [1.29, 1.82) is 0 Å². The smallest absolute Gasteiger partial charge is 0.147 e. The van der Waals surface area contributed by atoms with E-state index in [9.17, 15) is 4.39 Å². The molecule has 0 aliphatic heterocycles. The van der Waals surface area contributed by atoms with Crippen molar-refractivity contribution in [3.8, 4) is 5.75 Å². The van der Waals surface area contributed by atoms with Crippen LogP contribution in [-0.4, -0.2) is 7.11 Å². The summed E-state index contributed by atoms with van der Waals surface area (Å²) in [7, 11) is 1.60. The molecule has 0 aliphatic rings. The third kappa shape index (κ3) is 3.09. The van der Waals surface area contributed by atoms with Crippen molar-refractivity contribution >= 4 is 34.0 Å². The predicted octanol–water partition coefficient (Wildman–Crippen LogP) is 4.18. The first kappa shape index (κ1) is 12.2. The summed E-state index contributed by atoms with van der Waals surface area (Å²) < 4.78 is 19.6. The normalized spacial score (nSPS) is 10.1. The summed E-state index contributed by atoms with van der Waals surface area (Å²) in [6.45, 7) is 0. The van der Waals surface area contributed by atoms with Gasteiger partial charge >= 0.3 is 0 Å². The Balaban J connectivity index is 2.25. The summed E-state index contributed by atoms with van der Waals surface area (Å²) in [5, 5.41) is 3.02. The number of halogens is 2. The van der Waals surface area contributed by atoms with E-state index in [1.165, 1.54) is 6.07 Å². The molecule has 2 aromatic rings. The molecule has 0 saturated carbocycles. The van der Waals surface area contributed by atoms with Crippen molar-refractivity contribution in [3.63, 3.8) is 0 Å². The number of nitrogens with one attached hydrogen (secondary N) is 1. The highest BCUT2D eigenvalue weighted by Crippen LogP contribution is 2.24. The number of methoxy groups -OCH3 is 1. The molecule has 1 N–H and O–H groups in total. The fourth-order valence-corrected chi connectivity index (χ4v) is 1.90.